The van der Waals surface area contributed by atoms with Gasteiger partial charge in [-0.1, -0.05) is 12.1 Å². The number of anilines is 2. The maximum absolute atomic E-state index is 12.9. The van der Waals surface area contributed by atoms with Crippen LogP contribution in [-0.4, -0.2) is 41.5 Å². The number of nitrogens with zero attached hydrogens (tertiary/aromatic N) is 2. The fourth-order valence-electron chi connectivity index (χ4n) is 3.07. The lowest BCUT2D eigenvalue weighted by Gasteiger charge is -2.23. The first-order valence-electron chi connectivity index (χ1n) is 9.05. The molecule has 0 radical (unpaired) electrons. The van der Waals surface area contributed by atoms with Crippen LogP contribution in [0.2, 0.25) is 0 Å². The first kappa shape index (κ1) is 20.8. The van der Waals surface area contributed by atoms with Gasteiger partial charge >= 0.3 is 6.18 Å². The van der Waals surface area contributed by atoms with Crippen molar-refractivity contribution >= 4 is 17.5 Å². The van der Waals surface area contributed by atoms with Crippen LogP contribution >= 0.6 is 0 Å². The van der Waals surface area contributed by atoms with Crippen LogP contribution < -0.4 is 15.8 Å². The van der Waals surface area contributed by atoms with Crippen molar-refractivity contribution in [3.63, 3.8) is 0 Å². The van der Waals surface area contributed by atoms with Crippen molar-refractivity contribution < 1.29 is 18.3 Å². The summed E-state index contributed by atoms with van der Waals surface area (Å²) in [6, 6.07) is 4.51. The lowest BCUT2D eigenvalue weighted by Crippen LogP contribution is -2.28. The van der Waals surface area contributed by atoms with E-state index in [1.54, 1.807) is 19.0 Å². The Labute approximate surface area is 165 Å². The smallest absolute Gasteiger partial charge is 0.390 e. The second-order valence-electron chi connectivity index (χ2n) is 7.22. The molecule has 10 heteroatoms. The number of aliphatic hydroxyl groups is 1. The minimum atomic E-state index is -4.42. The van der Waals surface area contributed by atoms with Gasteiger partial charge in [-0.25, -0.2) is 0 Å². The monoisotopic (exact) mass is 409 g/mol. The standard InChI is InChI=1S/C19H22F3N5O2/c1-27(2)18-25-16(14(13(23)9-28)17(29)26-18)24-15(10-3-4-10)11-5-7-12(8-6-11)19(20,21)22/h5-8,10,15,23,28H,3-4,9H2,1-2H3,(H2,24,25,26,29). The van der Waals surface area contributed by atoms with Gasteiger partial charge in [-0.2, -0.15) is 18.2 Å². The number of hydrogen-bond donors (Lipinski definition) is 4. The highest BCUT2D eigenvalue weighted by Crippen LogP contribution is 2.43. The average Bonchev–Trinajstić information content (AvgIpc) is 3.49. The predicted molar refractivity (Wildman–Crippen MR) is 104 cm³/mol. The molecule has 0 spiro atoms. The molecule has 1 aromatic heterocycles. The molecule has 1 aliphatic rings. The maximum atomic E-state index is 12.9. The van der Waals surface area contributed by atoms with Crippen LogP contribution in [0.15, 0.2) is 29.1 Å². The quantitative estimate of drug-likeness (QED) is 0.527. The number of hydrogen-bond acceptors (Lipinski definition) is 6. The summed E-state index contributed by atoms with van der Waals surface area (Å²) in [5.41, 5.74) is -1.06. The van der Waals surface area contributed by atoms with E-state index in [9.17, 15) is 23.1 Å². The molecular weight excluding hydrogens is 387 g/mol. The maximum Gasteiger partial charge on any atom is 0.416 e. The summed E-state index contributed by atoms with van der Waals surface area (Å²) in [5.74, 6) is 0.550. The normalized spacial score (nSPS) is 15.1. The third-order valence-electron chi connectivity index (χ3n) is 4.77. The van der Waals surface area contributed by atoms with Gasteiger partial charge in [0.1, 0.15) is 11.4 Å². The molecule has 7 nitrogen and oxygen atoms in total. The second kappa shape index (κ2) is 7.86. The summed E-state index contributed by atoms with van der Waals surface area (Å²) < 4.78 is 38.6. The van der Waals surface area contributed by atoms with E-state index in [1.165, 1.54) is 12.1 Å². The van der Waals surface area contributed by atoms with Gasteiger partial charge in [0.05, 0.1) is 23.9 Å². The van der Waals surface area contributed by atoms with Crippen molar-refractivity contribution in [2.75, 3.05) is 30.9 Å². The molecule has 1 fully saturated rings. The van der Waals surface area contributed by atoms with Crippen LogP contribution in [0.4, 0.5) is 24.9 Å². The van der Waals surface area contributed by atoms with Crippen molar-refractivity contribution in [3.8, 4) is 0 Å². The number of alkyl halides is 3. The van der Waals surface area contributed by atoms with Crippen LogP contribution in [0.1, 0.15) is 35.6 Å². The molecule has 1 unspecified atom stereocenters. The fourth-order valence-corrected chi connectivity index (χ4v) is 3.07. The van der Waals surface area contributed by atoms with E-state index < -0.39 is 23.9 Å². The summed E-state index contributed by atoms with van der Waals surface area (Å²) >= 11 is 0. The third kappa shape index (κ3) is 4.58. The minimum absolute atomic E-state index is 0.0874. The zero-order valence-corrected chi connectivity index (χ0v) is 16.0. The number of aromatic nitrogens is 2. The molecule has 2 aromatic rings. The summed E-state index contributed by atoms with van der Waals surface area (Å²) in [6.07, 6.45) is -2.65. The Bertz CT molecular complexity index is 950. The molecule has 1 atom stereocenters. The van der Waals surface area contributed by atoms with Crippen LogP contribution in [0, 0.1) is 11.3 Å². The lowest BCUT2D eigenvalue weighted by atomic mass is 10.00. The molecule has 4 N–H and O–H groups in total. The van der Waals surface area contributed by atoms with Gasteiger partial charge < -0.3 is 20.7 Å². The van der Waals surface area contributed by atoms with E-state index in [-0.39, 0.29) is 35.0 Å². The van der Waals surface area contributed by atoms with Gasteiger partial charge in [-0.15, -0.1) is 0 Å². The summed E-state index contributed by atoms with van der Waals surface area (Å²) in [4.78, 5) is 21.0. The number of H-pyrrole nitrogens is 1. The molecule has 0 amide bonds. The largest absolute Gasteiger partial charge is 0.416 e. The van der Waals surface area contributed by atoms with Crippen molar-refractivity contribution in [2.24, 2.45) is 5.92 Å². The Hall–Kier alpha value is -2.88. The molecule has 156 valence electrons. The molecule has 1 heterocycles. The number of benzene rings is 1. The number of aromatic amines is 1. The fraction of sp³-hybridized carbons (Fsp3) is 0.421. The Morgan fingerprint density at radius 2 is 1.97 bits per heavy atom. The van der Waals surface area contributed by atoms with Crippen LogP contribution in [-0.2, 0) is 6.18 Å². The van der Waals surface area contributed by atoms with Crippen LogP contribution in [0.25, 0.3) is 0 Å². The number of aliphatic hydroxyl groups excluding tert-OH is 1. The van der Waals surface area contributed by atoms with E-state index >= 15 is 0 Å². The van der Waals surface area contributed by atoms with E-state index in [4.69, 9.17) is 5.41 Å². The molecule has 0 saturated heterocycles. The Morgan fingerprint density at radius 3 is 2.45 bits per heavy atom. The van der Waals surface area contributed by atoms with Gasteiger partial charge in [-0.3, -0.25) is 9.78 Å². The molecule has 29 heavy (non-hydrogen) atoms. The minimum Gasteiger partial charge on any atom is -0.390 e. The predicted octanol–water partition coefficient (Wildman–Crippen LogP) is 2.78. The van der Waals surface area contributed by atoms with Gasteiger partial charge in [0.2, 0.25) is 5.95 Å². The average molecular weight is 409 g/mol. The van der Waals surface area contributed by atoms with Crippen LogP contribution in [0.3, 0.4) is 0 Å². The van der Waals surface area contributed by atoms with Crippen molar-refractivity contribution in [1.82, 2.24) is 9.97 Å². The van der Waals surface area contributed by atoms with E-state index in [2.05, 4.69) is 15.3 Å². The topological polar surface area (TPSA) is 105 Å². The Kier molecular flexibility index (Phi) is 5.65. The lowest BCUT2D eigenvalue weighted by molar-refractivity contribution is -0.137. The highest BCUT2D eigenvalue weighted by atomic mass is 19.4. The first-order valence-corrected chi connectivity index (χ1v) is 9.05. The zero-order chi connectivity index (χ0) is 21.3. The van der Waals surface area contributed by atoms with E-state index in [0.717, 1.165) is 25.0 Å². The first-order chi connectivity index (χ1) is 13.6. The highest BCUT2D eigenvalue weighted by molar-refractivity contribution is 6.02. The van der Waals surface area contributed by atoms with Gasteiger partial charge in [0.15, 0.2) is 0 Å². The molecule has 3 rings (SSSR count). The van der Waals surface area contributed by atoms with E-state index in [1.807, 2.05) is 0 Å². The molecule has 1 saturated carbocycles. The molecule has 1 aliphatic carbocycles. The van der Waals surface area contributed by atoms with Crippen molar-refractivity contribution in [1.29, 1.82) is 5.41 Å². The SMILES string of the molecule is CN(C)c1nc(NC(c2ccc(C(F)(F)F)cc2)C2CC2)c(C(=N)CO)c(=O)[nH]1. The Balaban J connectivity index is 2.01. The van der Waals surface area contributed by atoms with Crippen molar-refractivity contribution in [2.45, 2.75) is 25.1 Å². The number of rotatable bonds is 7. The summed E-state index contributed by atoms with van der Waals surface area (Å²) in [5, 5.41) is 20.4. The Morgan fingerprint density at radius 1 is 1.34 bits per heavy atom. The van der Waals surface area contributed by atoms with Gasteiger partial charge in [0, 0.05) is 14.1 Å². The molecular formula is C19H22F3N5O2. The van der Waals surface area contributed by atoms with Gasteiger partial charge in [-0.05, 0) is 36.5 Å². The zero-order valence-electron chi connectivity index (χ0n) is 16.0. The molecule has 1 aromatic carbocycles. The van der Waals surface area contributed by atoms with Crippen LogP contribution in [0.5, 0.6) is 0 Å². The number of halogens is 3. The second-order valence-corrected chi connectivity index (χ2v) is 7.22. The molecule has 0 bridgehead atoms. The van der Waals surface area contributed by atoms with Crippen molar-refractivity contribution in [3.05, 3.63) is 51.3 Å². The summed E-state index contributed by atoms with van der Waals surface area (Å²) in [6.45, 7) is -0.644. The number of nitrogens with one attached hydrogen (secondary N) is 3. The molecule has 0 aliphatic heterocycles. The van der Waals surface area contributed by atoms with Gasteiger partial charge in [0.25, 0.3) is 5.56 Å². The van der Waals surface area contributed by atoms with E-state index in [0.29, 0.717) is 5.56 Å². The third-order valence-corrected chi connectivity index (χ3v) is 4.77. The summed E-state index contributed by atoms with van der Waals surface area (Å²) in [7, 11) is 3.38. The highest BCUT2D eigenvalue weighted by Gasteiger charge is 2.35.